The maximum atomic E-state index is 12.7. The molecule has 0 radical (unpaired) electrons. The smallest absolute Gasteiger partial charge is 0.381 e. The molecule has 0 aromatic carbocycles. The van der Waals surface area contributed by atoms with Crippen LogP contribution in [-0.4, -0.2) is 79.9 Å². The van der Waals surface area contributed by atoms with Crippen molar-refractivity contribution < 1.29 is 17.9 Å². The standard InChI is InChI=1S/C19H30F3N7O.HI/c1-23-17(25-7-8-26-18-24-6-2-16(28-18)19(20,21)22)27-15-3-9-29(10-4-15)12-14-5-11-30-13-14;/h2,6,14-15H,3-5,7-13H2,1H3,(H2,23,25,27)(H,24,26,28);1H. The first-order chi connectivity index (χ1) is 14.4. The van der Waals surface area contributed by atoms with Crippen molar-refractivity contribution in [2.75, 3.05) is 58.3 Å². The summed E-state index contributed by atoms with van der Waals surface area (Å²) in [5.41, 5.74) is -0.961. The molecule has 2 aliphatic rings. The topological polar surface area (TPSA) is 86.7 Å². The number of nitrogens with one attached hydrogen (secondary N) is 3. The molecule has 2 aliphatic heterocycles. The maximum Gasteiger partial charge on any atom is 0.433 e. The van der Waals surface area contributed by atoms with E-state index in [0.29, 0.717) is 31.0 Å². The van der Waals surface area contributed by atoms with Gasteiger partial charge in [0, 0.05) is 58.6 Å². The fourth-order valence-corrected chi connectivity index (χ4v) is 3.70. The van der Waals surface area contributed by atoms with Gasteiger partial charge >= 0.3 is 6.18 Å². The van der Waals surface area contributed by atoms with Crippen molar-refractivity contribution in [3.05, 3.63) is 18.0 Å². The Hall–Kier alpha value is -1.41. The predicted molar refractivity (Wildman–Crippen MR) is 124 cm³/mol. The highest BCUT2D eigenvalue weighted by Crippen LogP contribution is 2.27. The Morgan fingerprint density at radius 2 is 2.03 bits per heavy atom. The number of aromatic nitrogens is 2. The fourth-order valence-electron chi connectivity index (χ4n) is 3.70. The van der Waals surface area contributed by atoms with Crippen molar-refractivity contribution in [2.24, 2.45) is 10.9 Å². The normalized spacial score (nSPS) is 20.9. The lowest BCUT2D eigenvalue weighted by Crippen LogP contribution is -2.49. The number of hydrogen-bond acceptors (Lipinski definition) is 6. The van der Waals surface area contributed by atoms with Crippen molar-refractivity contribution >= 4 is 35.9 Å². The molecule has 1 unspecified atom stereocenters. The molecule has 3 N–H and O–H groups in total. The van der Waals surface area contributed by atoms with Crippen LogP contribution in [0.4, 0.5) is 19.1 Å². The number of nitrogens with zero attached hydrogens (tertiary/aromatic N) is 4. The third kappa shape index (κ3) is 8.56. The van der Waals surface area contributed by atoms with E-state index in [1.54, 1.807) is 7.05 Å². The molecule has 2 fully saturated rings. The first-order valence-electron chi connectivity index (χ1n) is 10.4. The van der Waals surface area contributed by atoms with Crippen LogP contribution >= 0.6 is 24.0 Å². The Morgan fingerprint density at radius 3 is 2.68 bits per heavy atom. The minimum atomic E-state index is -4.48. The molecule has 0 saturated carbocycles. The molecule has 0 bridgehead atoms. The second kappa shape index (κ2) is 12.6. The Morgan fingerprint density at radius 1 is 1.26 bits per heavy atom. The Bertz CT molecular complexity index is 693. The van der Waals surface area contributed by atoms with E-state index in [1.165, 1.54) is 0 Å². The van der Waals surface area contributed by atoms with Crippen LogP contribution in [-0.2, 0) is 10.9 Å². The molecule has 0 aliphatic carbocycles. The van der Waals surface area contributed by atoms with Crippen LogP contribution in [0.5, 0.6) is 0 Å². The molecule has 8 nitrogen and oxygen atoms in total. The van der Waals surface area contributed by atoms with Crippen LogP contribution < -0.4 is 16.0 Å². The minimum Gasteiger partial charge on any atom is -0.381 e. The van der Waals surface area contributed by atoms with E-state index in [2.05, 4.69) is 35.8 Å². The van der Waals surface area contributed by atoms with E-state index in [9.17, 15) is 13.2 Å². The molecule has 0 amide bonds. The van der Waals surface area contributed by atoms with Crippen LogP contribution in [0.25, 0.3) is 0 Å². The van der Waals surface area contributed by atoms with Crippen LogP contribution in [0, 0.1) is 5.92 Å². The monoisotopic (exact) mass is 557 g/mol. The first kappa shape index (κ1) is 25.8. The number of guanidine groups is 1. The number of hydrogen-bond donors (Lipinski definition) is 3. The first-order valence-corrected chi connectivity index (χ1v) is 10.4. The summed E-state index contributed by atoms with van der Waals surface area (Å²) in [5, 5.41) is 9.39. The van der Waals surface area contributed by atoms with Gasteiger partial charge in [-0.1, -0.05) is 0 Å². The summed E-state index contributed by atoms with van der Waals surface area (Å²) in [6.07, 6.45) is -0.133. The van der Waals surface area contributed by atoms with Crippen LogP contribution in [0.15, 0.2) is 17.3 Å². The number of aliphatic imine (C=N–C) groups is 1. The van der Waals surface area contributed by atoms with E-state index >= 15 is 0 Å². The summed E-state index contributed by atoms with van der Waals surface area (Å²) in [4.78, 5) is 14.0. The molecule has 2 saturated heterocycles. The highest BCUT2D eigenvalue weighted by molar-refractivity contribution is 14.0. The van der Waals surface area contributed by atoms with E-state index in [0.717, 1.165) is 64.4 Å². The Kier molecular flexibility index (Phi) is 10.5. The zero-order chi connectivity index (χ0) is 21.4. The molecule has 1 aromatic heterocycles. The van der Waals surface area contributed by atoms with Crippen molar-refractivity contribution in [1.82, 2.24) is 25.5 Å². The van der Waals surface area contributed by atoms with E-state index in [4.69, 9.17) is 4.74 Å². The lowest BCUT2D eigenvalue weighted by molar-refractivity contribution is -0.141. The number of likely N-dealkylation sites (tertiary alicyclic amines) is 1. The maximum absolute atomic E-state index is 12.7. The highest BCUT2D eigenvalue weighted by Gasteiger charge is 2.32. The molecule has 3 heterocycles. The number of alkyl halides is 3. The zero-order valence-corrected chi connectivity index (χ0v) is 20.0. The molecule has 31 heavy (non-hydrogen) atoms. The van der Waals surface area contributed by atoms with Gasteiger partial charge in [0.05, 0.1) is 6.61 Å². The van der Waals surface area contributed by atoms with Gasteiger partial charge in [-0.05, 0) is 31.2 Å². The van der Waals surface area contributed by atoms with Gasteiger partial charge in [0.15, 0.2) is 5.96 Å². The molecule has 176 valence electrons. The van der Waals surface area contributed by atoms with Crippen LogP contribution in [0.3, 0.4) is 0 Å². The van der Waals surface area contributed by atoms with Gasteiger partial charge in [-0.2, -0.15) is 13.2 Å². The van der Waals surface area contributed by atoms with Gasteiger partial charge in [-0.25, -0.2) is 9.97 Å². The SMILES string of the molecule is CN=C(NCCNc1nccc(C(F)(F)F)n1)NC1CCN(CC2CCOC2)CC1.I. The Labute approximate surface area is 197 Å². The second-order valence-corrected chi connectivity index (χ2v) is 7.64. The predicted octanol–water partition coefficient (Wildman–Crippen LogP) is 2.19. The summed E-state index contributed by atoms with van der Waals surface area (Å²) in [6.45, 7) is 5.83. The minimum absolute atomic E-state index is 0. The van der Waals surface area contributed by atoms with Crippen molar-refractivity contribution in [3.8, 4) is 0 Å². The Balaban J connectivity index is 0.00000341. The third-order valence-corrected chi connectivity index (χ3v) is 5.34. The molecular formula is C19H31F3IN7O. The zero-order valence-electron chi connectivity index (χ0n) is 17.6. The average molecular weight is 557 g/mol. The van der Waals surface area contributed by atoms with E-state index < -0.39 is 11.9 Å². The van der Waals surface area contributed by atoms with Crippen molar-refractivity contribution in [3.63, 3.8) is 0 Å². The van der Waals surface area contributed by atoms with Gasteiger partial charge in [-0.15, -0.1) is 24.0 Å². The molecule has 1 aromatic rings. The van der Waals surface area contributed by atoms with Gasteiger partial charge in [0.25, 0.3) is 0 Å². The third-order valence-electron chi connectivity index (χ3n) is 5.34. The molecule has 1 atom stereocenters. The largest absolute Gasteiger partial charge is 0.433 e. The number of piperidine rings is 1. The quantitative estimate of drug-likeness (QED) is 0.205. The lowest BCUT2D eigenvalue weighted by Gasteiger charge is -2.34. The van der Waals surface area contributed by atoms with E-state index in [1.807, 2.05) is 0 Å². The second-order valence-electron chi connectivity index (χ2n) is 7.64. The number of ether oxygens (including phenoxy) is 1. The number of halogens is 4. The average Bonchev–Trinajstić information content (AvgIpc) is 3.24. The van der Waals surface area contributed by atoms with Gasteiger partial charge < -0.3 is 25.6 Å². The lowest BCUT2D eigenvalue weighted by atomic mass is 10.0. The van der Waals surface area contributed by atoms with Gasteiger partial charge in [0.1, 0.15) is 5.69 Å². The summed E-state index contributed by atoms with van der Waals surface area (Å²) in [7, 11) is 1.70. The van der Waals surface area contributed by atoms with Crippen LogP contribution in [0.2, 0.25) is 0 Å². The number of rotatable bonds is 7. The van der Waals surface area contributed by atoms with Crippen molar-refractivity contribution in [2.45, 2.75) is 31.5 Å². The number of anilines is 1. The van der Waals surface area contributed by atoms with E-state index in [-0.39, 0.29) is 29.9 Å². The van der Waals surface area contributed by atoms with Gasteiger partial charge in [-0.3, -0.25) is 4.99 Å². The molecule has 3 rings (SSSR count). The van der Waals surface area contributed by atoms with Crippen LogP contribution in [0.1, 0.15) is 25.0 Å². The fraction of sp³-hybridized carbons (Fsp3) is 0.737. The van der Waals surface area contributed by atoms with Crippen molar-refractivity contribution in [1.29, 1.82) is 0 Å². The highest BCUT2D eigenvalue weighted by atomic mass is 127. The summed E-state index contributed by atoms with van der Waals surface area (Å²) in [5.74, 6) is 1.30. The summed E-state index contributed by atoms with van der Waals surface area (Å²) < 4.78 is 43.5. The van der Waals surface area contributed by atoms with Gasteiger partial charge in [0.2, 0.25) is 5.95 Å². The summed E-state index contributed by atoms with van der Waals surface area (Å²) in [6, 6.07) is 1.20. The molecule has 0 spiro atoms. The molecule has 12 heteroatoms. The summed E-state index contributed by atoms with van der Waals surface area (Å²) >= 11 is 0. The molecular weight excluding hydrogens is 526 g/mol.